The summed E-state index contributed by atoms with van der Waals surface area (Å²) in [7, 11) is 0. The summed E-state index contributed by atoms with van der Waals surface area (Å²) in [4.78, 5) is 2.32. The maximum absolute atomic E-state index is 11.1. The van der Waals surface area contributed by atoms with E-state index in [1.165, 1.54) is 0 Å². The van der Waals surface area contributed by atoms with Gasteiger partial charge in [0, 0.05) is 24.7 Å². The number of nitrogens with zero attached hydrogens (tertiary/aromatic N) is 1. The van der Waals surface area contributed by atoms with Crippen LogP contribution in [0.1, 0.15) is 70.4 Å². The van der Waals surface area contributed by atoms with Crippen molar-refractivity contribution in [3.05, 3.63) is 28.3 Å². The first-order valence-corrected chi connectivity index (χ1v) is 11.8. The second-order valence-corrected chi connectivity index (χ2v) is 11.4. The lowest BCUT2D eigenvalue weighted by atomic mass is 9.68. The number of β-amino-alcohol motifs (C(OH)–C–C–N with tert-alkyl or cyclic N) is 1. The molecule has 1 aromatic carbocycles. The van der Waals surface area contributed by atoms with E-state index in [0.29, 0.717) is 30.8 Å². The van der Waals surface area contributed by atoms with Gasteiger partial charge in [0.1, 0.15) is 18.0 Å². The number of ether oxygens (including phenoxy) is 1. The molecule has 1 saturated carbocycles. The molecule has 1 aromatic rings. The molecule has 2 fully saturated rings. The van der Waals surface area contributed by atoms with Gasteiger partial charge in [-0.2, -0.15) is 0 Å². The summed E-state index contributed by atoms with van der Waals surface area (Å²) in [6.07, 6.45) is 5.30. The van der Waals surface area contributed by atoms with Crippen molar-refractivity contribution in [1.82, 2.24) is 4.90 Å². The molecule has 2 N–H and O–H groups in total. The van der Waals surface area contributed by atoms with Crippen molar-refractivity contribution < 1.29 is 14.9 Å². The summed E-state index contributed by atoms with van der Waals surface area (Å²) in [5.41, 5.74) is 0.909. The third kappa shape index (κ3) is 5.91. The van der Waals surface area contributed by atoms with Gasteiger partial charge in [-0.1, -0.05) is 32.4 Å². The van der Waals surface area contributed by atoms with Gasteiger partial charge in [0.2, 0.25) is 0 Å². The standard InChI is InChI=1S/C25H40ClNO3/c1-18-14-21(15-19(2)22(18)26)30-17-25(29)10-12-27(13-11-25)16-24(28)8-6-20(7-9-24)23(3,4)5/h14-15,20,28-29H,6-13,16-17H2,1-5H3. The Hall–Kier alpha value is -0.810. The van der Waals surface area contributed by atoms with Crippen molar-refractivity contribution in [2.45, 2.75) is 84.3 Å². The third-order valence-electron chi connectivity index (χ3n) is 7.36. The van der Waals surface area contributed by atoms with Crippen LogP contribution in [0.25, 0.3) is 0 Å². The summed E-state index contributed by atoms with van der Waals surface area (Å²) in [6.45, 7) is 13.5. The first-order chi connectivity index (χ1) is 13.9. The summed E-state index contributed by atoms with van der Waals surface area (Å²) in [5, 5.41) is 22.9. The molecule has 170 valence electrons. The molecule has 30 heavy (non-hydrogen) atoms. The molecular formula is C25H40ClNO3. The molecule has 0 aromatic heterocycles. The Bertz CT molecular complexity index is 703. The second-order valence-electron chi connectivity index (χ2n) is 11.0. The number of piperidine rings is 1. The molecular weight excluding hydrogens is 398 g/mol. The van der Waals surface area contributed by atoms with E-state index in [2.05, 4.69) is 25.7 Å². The van der Waals surface area contributed by atoms with Gasteiger partial charge in [-0.3, -0.25) is 0 Å². The Morgan fingerprint density at radius 1 is 1.00 bits per heavy atom. The van der Waals surface area contributed by atoms with Crippen LogP contribution in [0.3, 0.4) is 0 Å². The molecule has 0 amide bonds. The predicted molar refractivity (Wildman–Crippen MR) is 123 cm³/mol. The lowest BCUT2D eigenvalue weighted by molar-refractivity contribution is -0.0844. The molecule has 4 nitrogen and oxygen atoms in total. The Kier molecular flexibility index (Phi) is 7.13. The molecule has 0 atom stereocenters. The lowest BCUT2D eigenvalue weighted by Gasteiger charge is -2.45. The van der Waals surface area contributed by atoms with Crippen LogP contribution in [0.5, 0.6) is 5.75 Å². The minimum absolute atomic E-state index is 0.291. The monoisotopic (exact) mass is 437 g/mol. The highest BCUT2D eigenvalue weighted by molar-refractivity contribution is 6.32. The largest absolute Gasteiger partial charge is 0.491 e. The zero-order valence-electron chi connectivity index (χ0n) is 19.4. The molecule has 2 aliphatic rings. The van der Waals surface area contributed by atoms with E-state index in [0.717, 1.165) is 67.2 Å². The third-order valence-corrected chi connectivity index (χ3v) is 7.96. The first-order valence-electron chi connectivity index (χ1n) is 11.5. The highest BCUT2D eigenvalue weighted by atomic mass is 35.5. The summed E-state index contributed by atoms with van der Waals surface area (Å²) < 4.78 is 5.94. The van der Waals surface area contributed by atoms with Crippen LogP contribution in [0.4, 0.5) is 0 Å². The SMILES string of the molecule is Cc1cc(OCC2(O)CCN(CC3(O)CCC(C(C)(C)C)CC3)CC2)cc(C)c1Cl. The van der Waals surface area contributed by atoms with E-state index in [4.69, 9.17) is 16.3 Å². The minimum atomic E-state index is -0.815. The molecule has 0 bridgehead atoms. The number of aryl methyl sites for hydroxylation is 2. The highest BCUT2D eigenvalue weighted by Gasteiger charge is 2.40. The summed E-state index contributed by atoms with van der Waals surface area (Å²) in [5.74, 6) is 1.46. The maximum Gasteiger partial charge on any atom is 0.120 e. The number of hydrogen-bond acceptors (Lipinski definition) is 4. The number of likely N-dealkylation sites (tertiary alicyclic amines) is 1. The molecule has 3 rings (SSSR count). The highest BCUT2D eigenvalue weighted by Crippen LogP contribution is 2.42. The van der Waals surface area contributed by atoms with Crippen molar-refractivity contribution in [1.29, 1.82) is 0 Å². The van der Waals surface area contributed by atoms with Crippen molar-refractivity contribution in [3.8, 4) is 5.75 Å². The first kappa shape index (κ1) is 23.8. The fraction of sp³-hybridized carbons (Fsp3) is 0.760. The van der Waals surface area contributed by atoms with Crippen molar-refractivity contribution >= 4 is 11.6 Å². The van der Waals surface area contributed by atoms with E-state index in [1.54, 1.807) is 0 Å². The quantitative estimate of drug-likeness (QED) is 0.670. The normalized spacial score (nSPS) is 27.8. The van der Waals surface area contributed by atoms with Crippen LogP contribution in [0, 0.1) is 25.2 Å². The molecule has 1 aliphatic carbocycles. The summed E-state index contributed by atoms with van der Waals surface area (Å²) in [6, 6.07) is 3.86. The number of hydrogen-bond donors (Lipinski definition) is 2. The average Bonchev–Trinajstić information content (AvgIpc) is 2.66. The van der Waals surface area contributed by atoms with Crippen LogP contribution < -0.4 is 4.74 Å². The van der Waals surface area contributed by atoms with Crippen LogP contribution >= 0.6 is 11.6 Å². The Morgan fingerprint density at radius 2 is 1.53 bits per heavy atom. The van der Waals surface area contributed by atoms with E-state index in [-0.39, 0.29) is 0 Å². The van der Waals surface area contributed by atoms with E-state index < -0.39 is 11.2 Å². The van der Waals surface area contributed by atoms with Gasteiger partial charge >= 0.3 is 0 Å². The smallest absolute Gasteiger partial charge is 0.120 e. The molecule has 1 aliphatic heterocycles. The molecule has 0 unspecified atom stereocenters. The molecule has 1 heterocycles. The number of halogens is 1. The Morgan fingerprint density at radius 3 is 2.03 bits per heavy atom. The maximum atomic E-state index is 11.1. The minimum Gasteiger partial charge on any atom is -0.491 e. The molecule has 5 heteroatoms. The van der Waals surface area contributed by atoms with Gasteiger partial charge < -0.3 is 19.8 Å². The van der Waals surface area contributed by atoms with Gasteiger partial charge in [0.05, 0.1) is 5.60 Å². The molecule has 1 saturated heterocycles. The van der Waals surface area contributed by atoms with Gasteiger partial charge in [-0.15, -0.1) is 0 Å². The van der Waals surface area contributed by atoms with Crippen LogP contribution in [-0.4, -0.2) is 52.6 Å². The van der Waals surface area contributed by atoms with Gasteiger partial charge in [0.25, 0.3) is 0 Å². The fourth-order valence-electron chi connectivity index (χ4n) is 5.07. The molecule has 0 radical (unpaired) electrons. The van der Waals surface area contributed by atoms with Crippen molar-refractivity contribution in [2.75, 3.05) is 26.2 Å². The van der Waals surface area contributed by atoms with Crippen LogP contribution in [0.2, 0.25) is 5.02 Å². The Balaban J connectivity index is 1.47. The zero-order valence-corrected chi connectivity index (χ0v) is 20.2. The van der Waals surface area contributed by atoms with Crippen LogP contribution in [-0.2, 0) is 0 Å². The Labute approximate surface area is 187 Å². The van der Waals surface area contributed by atoms with E-state index in [1.807, 2.05) is 26.0 Å². The van der Waals surface area contributed by atoms with Crippen molar-refractivity contribution in [3.63, 3.8) is 0 Å². The average molecular weight is 438 g/mol. The van der Waals surface area contributed by atoms with Crippen molar-refractivity contribution in [2.24, 2.45) is 11.3 Å². The van der Waals surface area contributed by atoms with Gasteiger partial charge in [0.15, 0.2) is 0 Å². The predicted octanol–water partition coefficient (Wildman–Crippen LogP) is 5.13. The number of rotatable bonds is 5. The van der Waals surface area contributed by atoms with E-state index >= 15 is 0 Å². The van der Waals surface area contributed by atoms with Gasteiger partial charge in [-0.05, 0) is 87.0 Å². The topological polar surface area (TPSA) is 52.9 Å². The lowest BCUT2D eigenvalue weighted by Crippen LogP contribution is -2.53. The number of aliphatic hydroxyl groups is 2. The van der Waals surface area contributed by atoms with E-state index in [9.17, 15) is 10.2 Å². The second kappa shape index (κ2) is 8.97. The number of benzene rings is 1. The zero-order chi connectivity index (χ0) is 22.2. The van der Waals surface area contributed by atoms with Gasteiger partial charge in [-0.25, -0.2) is 0 Å². The fourth-order valence-corrected chi connectivity index (χ4v) is 5.18. The molecule has 0 spiro atoms. The van der Waals surface area contributed by atoms with Crippen LogP contribution in [0.15, 0.2) is 12.1 Å². The summed E-state index contributed by atoms with van der Waals surface area (Å²) >= 11 is 6.23.